The summed E-state index contributed by atoms with van der Waals surface area (Å²) in [5.74, 6) is -1.07. The summed E-state index contributed by atoms with van der Waals surface area (Å²) in [5, 5.41) is 0. The minimum absolute atomic E-state index is 0.0694. The van der Waals surface area contributed by atoms with Gasteiger partial charge in [0.15, 0.2) is 0 Å². The van der Waals surface area contributed by atoms with Gasteiger partial charge in [-0.1, -0.05) is 60.7 Å². The molecule has 0 heterocycles. The third kappa shape index (κ3) is 5.63. The molecule has 0 bridgehead atoms. The molecule has 22 heavy (non-hydrogen) atoms. The van der Waals surface area contributed by atoms with E-state index in [-0.39, 0.29) is 12.2 Å². The maximum Gasteiger partial charge on any atom is 0.233 e. The summed E-state index contributed by atoms with van der Waals surface area (Å²) >= 11 is 0. The van der Waals surface area contributed by atoms with E-state index in [1.807, 2.05) is 12.1 Å². The zero-order valence-corrected chi connectivity index (χ0v) is 12.1. The Labute approximate surface area is 128 Å². The van der Waals surface area contributed by atoms with Gasteiger partial charge in [-0.25, -0.2) is 0 Å². The van der Waals surface area contributed by atoms with Crippen LogP contribution >= 0.6 is 0 Å². The number of carbonyl (C=O) groups is 3. The van der Waals surface area contributed by atoms with Crippen LogP contribution in [0.25, 0.3) is 0 Å². The summed E-state index contributed by atoms with van der Waals surface area (Å²) < 4.78 is 0. The summed E-state index contributed by atoms with van der Waals surface area (Å²) in [6.45, 7) is 1.35. The Morgan fingerprint density at radius 1 is 0.773 bits per heavy atom. The van der Waals surface area contributed by atoms with Gasteiger partial charge < -0.3 is 0 Å². The van der Waals surface area contributed by atoms with E-state index in [0.29, 0.717) is 11.1 Å². The number of carbonyl (C=O) groups excluding carboxylic acids is 4. The van der Waals surface area contributed by atoms with Crippen LogP contribution in [0, 0.1) is 0 Å². The maximum atomic E-state index is 11.8. The van der Waals surface area contributed by atoms with Gasteiger partial charge in [0.1, 0.15) is 5.78 Å². The highest BCUT2D eigenvalue weighted by Gasteiger charge is 2.16. The van der Waals surface area contributed by atoms with Crippen LogP contribution in [0.4, 0.5) is 0 Å². The van der Waals surface area contributed by atoms with Crippen LogP contribution in [-0.4, -0.2) is 23.6 Å². The number of benzene rings is 2. The fourth-order valence-corrected chi connectivity index (χ4v) is 1.54. The second-order valence-electron chi connectivity index (χ2n) is 4.41. The molecule has 111 valence electrons. The summed E-state index contributed by atoms with van der Waals surface area (Å²) in [4.78, 5) is 42.6. The highest BCUT2D eigenvalue weighted by Crippen LogP contribution is 2.07. The molecule has 0 atom stereocenters. The first kappa shape index (κ1) is 17.2. The van der Waals surface area contributed by atoms with E-state index in [2.05, 4.69) is 0 Å². The van der Waals surface area contributed by atoms with Crippen molar-refractivity contribution in [3.05, 3.63) is 71.8 Å². The molecule has 0 aliphatic rings. The van der Waals surface area contributed by atoms with E-state index in [4.69, 9.17) is 0 Å². The first-order valence-corrected chi connectivity index (χ1v) is 6.59. The van der Waals surface area contributed by atoms with Crippen molar-refractivity contribution in [3.63, 3.8) is 0 Å². The molecule has 0 unspecified atom stereocenters. The Kier molecular flexibility index (Phi) is 7.13. The van der Waals surface area contributed by atoms with Crippen LogP contribution in [0.3, 0.4) is 0 Å². The van der Waals surface area contributed by atoms with Crippen LogP contribution in [0.15, 0.2) is 60.7 Å². The molecule has 0 aromatic heterocycles. The number of Topliss-reactive ketones (excluding diaryl/α,β-unsaturated/α-hetero) is 3. The first-order chi connectivity index (χ1) is 10.6. The number of ketones is 3. The van der Waals surface area contributed by atoms with Gasteiger partial charge in [0.25, 0.3) is 0 Å². The molecule has 0 saturated heterocycles. The molecule has 0 spiro atoms. The van der Waals surface area contributed by atoms with Crippen LogP contribution < -0.4 is 0 Å². The lowest BCUT2D eigenvalue weighted by Gasteiger charge is -1.99. The molecule has 4 heteroatoms. The molecule has 0 saturated carbocycles. The molecule has 0 N–H and O–H groups in total. The van der Waals surface area contributed by atoms with Gasteiger partial charge in [0.05, 0.1) is 6.42 Å². The Morgan fingerprint density at radius 3 is 1.36 bits per heavy atom. The van der Waals surface area contributed by atoms with Crippen molar-refractivity contribution in [3.8, 4) is 0 Å². The van der Waals surface area contributed by atoms with Gasteiger partial charge in [0, 0.05) is 11.1 Å². The Hall–Kier alpha value is -2.88. The van der Waals surface area contributed by atoms with Crippen molar-refractivity contribution < 1.29 is 19.2 Å². The van der Waals surface area contributed by atoms with E-state index in [1.165, 1.54) is 13.2 Å². The van der Waals surface area contributed by atoms with Crippen molar-refractivity contribution >= 4 is 23.6 Å². The second-order valence-corrected chi connectivity index (χ2v) is 4.41. The Bertz CT molecular complexity index is 596. The summed E-state index contributed by atoms with van der Waals surface area (Å²) in [7, 11) is 0. The molecule has 2 rings (SSSR count). The third-order valence-electron chi connectivity index (χ3n) is 2.60. The number of hydrogen-bond donors (Lipinski definition) is 0. The van der Waals surface area contributed by atoms with Crippen molar-refractivity contribution in [2.24, 2.45) is 0 Å². The number of rotatable bonds is 5. The summed E-state index contributed by atoms with van der Waals surface area (Å²) in [6.07, 6.45) is 1.40. The van der Waals surface area contributed by atoms with Crippen molar-refractivity contribution in [2.45, 2.75) is 13.3 Å². The SMILES string of the molecule is CC(=O)C[C]=O.O=C(C(=O)c1ccccc1)c1ccccc1. The lowest BCUT2D eigenvalue weighted by molar-refractivity contribution is -0.115. The fraction of sp³-hybridized carbons (Fsp3) is 0.111. The smallest absolute Gasteiger partial charge is 0.233 e. The van der Waals surface area contributed by atoms with Gasteiger partial charge >= 0.3 is 0 Å². The van der Waals surface area contributed by atoms with Crippen molar-refractivity contribution in [2.75, 3.05) is 0 Å². The van der Waals surface area contributed by atoms with E-state index in [9.17, 15) is 19.2 Å². The van der Waals surface area contributed by atoms with E-state index in [1.54, 1.807) is 48.5 Å². The lowest BCUT2D eigenvalue weighted by Crippen LogP contribution is -2.14. The van der Waals surface area contributed by atoms with Crippen molar-refractivity contribution in [1.82, 2.24) is 0 Å². The molecule has 0 amide bonds. The summed E-state index contributed by atoms with van der Waals surface area (Å²) in [6, 6.07) is 17.2. The number of hydrogen-bond acceptors (Lipinski definition) is 4. The lowest BCUT2D eigenvalue weighted by atomic mass is 10.0. The predicted octanol–water partition coefficient (Wildman–Crippen LogP) is 2.83. The Morgan fingerprint density at radius 2 is 1.14 bits per heavy atom. The maximum absolute atomic E-state index is 11.8. The van der Waals surface area contributed by atoms with E-state index < -0.39 is 11.6 Å². The van der Waals surface area contributed by atoms with Crippen molar-refractivity contribution in [1.29, 1.82) is 0 Å². The average molecular weight is 295 g/mol. The van der Waals surface area contributed by atoms with Crippen LogP contribution in [0.5, 0.6) is 0 Å². The van der Waals surface area contributed by atoms with Gasteiger partial charge in [-0.15, -0.1) is 0 Å². The molecule has 2 aromatic carbocycles. The third-order valence-corrected chi connectivity index (χ3v) is 2.60. The zero-order valence-electron chi connectivity index (χ0n) is 12.1. The standard InChI is InChI=1S/C14H10O2.C4H5O2/c15-13(11-7-3-1-4-8-11)14(16)12-9-5-2-6-10-12;1-4(6)2-3-5/h1-10H;2H2,1H3. The quantitative estimate of drug-likeness (QED) is 0.483. The van der Waals surface area contributed by atoms with Gasteiger partial charge in [-0.05, 0) is 6.92 Å². The topological polar surface area (TPSA) is 68.3 Å². The minimum atomic E-state index is -0.466. The van der Waals surface area contributed by atoms with E-state index >= 15 is 0 Å². The van der Waals surface area contributed by atoms with E-state index in [0.717, 1.165) is 0 Å². The monoisotopic (exact) mass is 295 g/mol. The highest BCUT2D eigenvalue weighted by molar-refractivity contribution is 6.49. The Balaban J connectivity index is 0.000000346. The normalized spacial score (nSPS) is 9.14. The molecule has 0 aliphatic heterocycles. The van der Waals surface area contributed by atoms with Crippen LogP contribution in [-0.2, 0) is 9.59 Å². The average Bonchev–Trinajstić information content (AvgIpc) is 2.55. The molecule has 2 aromatic rings. The van der Waals surface area contributed by atoms with Crippen LogP contribution in [0.1, 0.15) is 34.1 Å². The fourth-order valence-electron chi connectivity index (χ4n) is 1.54. The van der Waals surface area contributed by atoms with Gasteiger partial charge in [-0.2, -0.15) is 0 Å². The molecular weight excluding hydrogens is 280 g/mol. The zero-order chi connectivity index (χ0) is 16.4. The molecule has 4 nitrogen and oxygen atoms in total. The van der Waals surface area contributed by atoms with Crippen LogP contribution in [0.2, 0.25) is 0 Å². The molecule has 0 fully saturated rings. The predicted molar refractivity (Wildman–Crippen MR) is 82.5 cm³/mol. The van der Waals surface area contributed by atoms with Gasteiger partial charge in [0.2, 0.25) is 17.9 Å². The largest absolute Gasteiger partial charge is 0.300 e. The molecule has 0 aliphatic carbocycles. The molecular formula is C18H15O4. The first-order valence-electron chi connectivity index (χ1n) is 6.59. The highest BCUT2D eigenvalue weighted by atomic mass is 16.2. The summed E-state index contributed by atoms with van der Waals surface area (Å²) in [5.41, 5.74) is 0.854. The molecule has 1 radical (unpaired) electrons. The second kappa shape index (κ2) is 9.13. The minimum Gasteiger partial charge on any atom is -0.300 e. The van der Waals surface area contributed by atoms with Gasteiger partial charge in [-0.3, -0.25) is 19.2 Å².